The Morgan fingerprint density at radius 2 is 2.12 bits per heavy atom. The average molecular weight is 237 g/mol. The van der Waals surface area contributed by atoms with Crippen LogP contribution < -0.4 is 5.73 Å². The van der Waals surface area contributed by atoms with Gasteiger partial charge in [-0.15, -0.1) is 5.10 Å². The van der Waals surface area contributed by atoms with Gasteiger partial charge in [0.25, 0.3) is 5.91 Å². The molecule has 0 saturated carbocycles. The van der Waals surface area contributed by atoms with Crippen molar-refractivity contribution in [1.29, 1.82) is 0 Å². The van der Waals surface area contributed by atoms with Gasteiger partial charge >= 0.3 is 0 Å². The van der Waals surface area contributed by atoms with Crippen molar-refractivity contribution in [3.63, 3.8) is 0 Å². The second kappa shape index (κ2) is 3.94. The normalized spacial score (nSPS) is 10.4. The molecule has 0 aliphatic carbocycles. The van der Waals surface area contributed by atoms with Crippen molar-refractivity contribution >= 4 is 17.5 Å². The molecule has 2 rings (SSSR count). The number of nitrogens with two attached hydrogens (primary N) is 1. The second-order valence-corrected chi connectivity index (χ2v) is 3.66. The summed E-state index contributed by atoms with van der Waals surface area (Å²) in [5, 5.41) is 8.10. The predicted molar refractivity (Wildman–Crippen MR) is 59.6 cm³/mol. The van der Waals surface area contributed by atoms with Gasteiger partial charge in [0.2, 0.25) is 0 Å². The van der Waals surface area contributed by atoms with Gasteiger partial charge in [0.15, 0.2) is 5.69 Å². The molecule has 0 aliphatic rings. The molecule has 2 aromatic rings. The maximum Gasteiger partial charge on any atom is 0.271 e. The number of halogens is 1. The molecular weight excluding hydrogens is 228 g/mol. The van der Waals surface area contributed by atoms with Crippen LogP contribution in [0.15, 0.2) is 24.3 Å². The van der Waals surface area contributed by atoms with Gasteiger partial charge in [0.05, 0.1) is 16.4 Å². The fraction of sp³-hybridized carbons (Fsp3) is 0.100. The van der Waals surface area contributed by atoms with Crippen LogP contribution in [-0.4, -0.2) is 20.9 Å². The molecule has 82 valence electrons. The van der Waals surface area contributed by atoms with Gasteiger partial charge in [-0.25, -0.2) is 4.68 Å². The Hall–Kier alpha value is -1.88. The van der Waals surface area contributed by atoms with Gasteiger partial charge in [-0.2, -0.15) is 0 Å². The fourth-order valence-corrected chi connectivity index (χ4v) is 1.62. The molecule has 0 aliphatic heterocycles. The lowest BCUT2D eigenvalue weighted by atomic mass is 10.3. The Morgan fingerprint density at radius 1 is 1.44 bits per heavy atom. The molecule has 0 atom stereocenters. The third kappa shape index (κ3) is 1.65. The summed E-state index contributed by atoms with van der Waals surface area (Å²) in [5.41, 5.74) is 6.55. The summed E-state index contributed by atoms with van der Waals surface area (Å²) in [6.07, 6.45) is 0. The smallest absolute Gasteiger partial charge is 0.271 e. The van der Waals surface area contributed by atoms with E-state index < -0.39 is 5.91 Å². The highest BCUT2D eigenvalue weighted by Gasteiger charge is 2.15. The molecule has 16 heavy (non-hydrogen) atoms. The van der Waals surface area contributed by atoms with Crippen LogP contribution in [0.1, 0.15) is 16.2 Å². The fourth-order valence-electron chi connectivity index (χ4n) is 1.41. The zero-order valence-electron chi connectivity index (χ0n) is 8.51. The Balaban J connectivity index is 2.58. The summed E-state index contributed by atoms with van der Waals surface area (Å²) in [6, 6.07) is 7.16. The van der Waals surface area contributed by atoms with Crippen molar-refractivity contribution in [3.05, 3.63) is 40.7 Å². The van der Waals surface area contributed by atoms with Crippen molar-refractivity contribution in [2.24, 2.45) is 5.73 Å². The molecule has 1 heterocycles. The SMILES string of the molecule is Cc1c(C(N)=O)nnn1-c1ccccc1Cl. The topological polar surface area (TPSA) is 73.8 Å². The van der Waals surface area contributed by atoms with E-state index in [9.17, 15) is 4.79 Å². The maximum atomic E-state index is 11.0. The minimum atomic E-state index is -0.601. The van der Waals surface area contributed by atoms with Crippen molar-refractivity contribution < 1.29 is 4.79 Å². The van der Waals surface area contributed by atoms with Crippen LogP contribution in [0.25, 0.3) is 5.69 Å². The van der Waals surface area contributed by atoms with Crippen LogP contribution >= 0.6 is 11.6 Å². The number of benzene rings is 1. The van der Waals surface area contributed by atoms with Gasteiger partial charge in [0, 0.05) is 0 Å². The van der Waals surface area contributed by atoms with Gasteiger partial charge in [-0.05, 0) is 19.1 Å². The van der Waals surface area contributed by atoms with Crippen molar-refractivity contribution in [2.45, 2.75) is 6.92 Å². The highest BCUT2D eigenvalue weighted by molar-refractivity contribution is 6.32. The summed E-state index contributed by atoms with van der Waals surface area (Å²) >= 11 is 6.01. The van der Waals surface area contributed by atoms with Gasteiger partial charge < -0.3 is 5.73 Å². The number of amides is 1. The van der Waals surface area contributed by atoms with E-state index in [0.717, 1.165) is 0 Å². The largest absolute Gasteiger partial charge is 0.364 e. The summed E-state index contributed by atoms with van der Waals surface area (Å²) in [4.78, 5) is 11.0. The minimum Gasteiger partial charge on any atom is -0.364 e. The van der Waals surface area contributed by atoms with Crippen molar-refractivity contribution in [3.8, 4) is 5.69 Å². The number of hydrogen-bond donors (Lipinski definition) is 1. The molecule has 0 saturated heterocycles. The van der Waals surface area contributed by atoms with Crippen LogP contribution in [0.5, 0.6) is 0 Å². The molecule has 0 fully saturated rings. The number of carbonyl (C=O) groups excluding carboxylic acids is 1. The number of carbonyl (C=O) groups is 1. The number of rotatable bonds is 2. The predicted octanol–water partition coefficient (Wildman–Crippen LogP) is 1.33. The van der Waals surface area contributed by atoms with E-state index in [-0.39, 0.29) is 5.69 Å². The van der Waals surface area contributed by atoms with E-state index in [4.69, 9.17) is 17.3 Å². The molecule has 6 heteroatoms. The van der Waals surface area contributed by atoms with Crippen LogP contribution in [0.3, 0.4) is 0 Å². The Labute approximate surface area is 96.8 Å². The third-order valence-corrected chi connectivity index (χ3v) is 2.53. The zero-order valence-corrected chi connectivity index (χ0v) is 9.27. The molecule has 0 radical (unpaired) electrons. The lowest BCUT2D eigenvalue weighted by Crippen LogP contribution is -2.13. The Bertz CT molecular complexity index is 550. The van der Waals surface area contributed by atoms with Crippen LogP contribution in [-0.2, 0) is 0 Å². The average Bonchev–Trinajstić information content (AvgIpc) is 2.61. The lowest BCUT2D eigenvalue weighted by molar-refractivity contribution is 0.0995. The molecule has 0 unspecified atom stereocenters. The first-order valence-corrected chi connectivity index (χ1v) is 4.96. The summed E-state index contributed by atoms with van der Waals surface area (Å²) in [5.74, 6) is -0.601. The molecular formula is C10H9ClN4O. The lowest BCUT2D eigenvalue weighted by Gasteiger charge is -2.04. The molecule has 2 N–H and O–H groups in total. The standard InChI is InChI=1S/C10H9ClN4O/c1-6-9(10(12)16)13-14-15(6)8-5-3-2-4-7(8)11/h2-5H,1H3,(H2,12,16). The summed E-state index contributed by atoms with van der Waals surface area (Å²) < 4.78 is 1.49. The van der Waals surface area contributed by atoms with Crippen LogP contribution in [0, 0.1) is 6.92 Å². The molecule has 0 bridgehead atoms. The van der Waals surface area contributed by atoms with E-state index in [0.29, 0.717) is 16.4 Å². The van der Waals surface area contributed by atoms with E-state index in [1.807, 2.05) is 12.1 Å². The van der Waals surface area contributed by atoms with Gasteiger partial charge in [0.1, 0.15) is 0 Å². The number of para-hydroxylation sites is 1. The highest BCUT2D eigenvalue weighted by Crippen LogP contribution is 2.20. The van der Waals surface area contributed by atoms with Crippen LogP contribution in [0.4, 0.5) is 0 Å². The number of nitrogens with zero attached hydrogens (tertiary/aromatic N) is 3. The summed E-state index contributed by atoms with van der Waals surface area (Å²) in [6.45, 7) is 1.71. The van der Waals surface area contributed by atoms with Crippen molar-refractivity contribution in [1.82, 2.24) is 15.0 Å². The summed E-state index contributed by atoms with van der Waals surface area (Å²) in [7, 11) is 0. The number of aromatic nitrogens is 3. The first-order valence-electron chi connectivity index (χ1n) is 4.58. The molecule has 5 nitrogen and oxygen atoms in total. The first-order chi connectivity index (χ1) is 7.61. The number of primary amides is 1. The monoisotopic (exact) mass is 236 g/mol. The Kier molecular flexibility index (Phi) is 2.62. The Morgan fingerprint density at radius 3 is 2.69 bits per heavy atom. The van der Waals surface area contributed by atoms with E-state index in [1.165, 1.54) is 4.68 Å². The van der Waals surface area contributed by atoms with Crippen LogP contribution in [0.2, 0.25) is 5.02 Å². The quantitative estimate of drug-likeness (QED) is 0.855. The van der Waals surface area contributed by atoms with E-state index in [2.05, 4.69) is 10.3 Å². The van der Waals surface area contributed by atoms with Gasteiger partial charge in [-0.3, -0.25) is 4.79 Å². The highest BCUT2D eigenvalue weighted by atomic mass is 35.5. The van der Waals surface area contributed by atoms with Crippen molar-refractivity contribution in [2.75, 3.05) is 0 Å². The second-order valence-electron chi connectivity index (χ2n) is 3.25. The maximum absolute atomic E-state index is 11.0. The molecule has 1 aromatic heterocycles. The molecule has 1 aromatic carbocycles. The first kappa shape index (κ1) is 10.6. The molecule has 1 amide bonds. The molecule has 0 spiro atoms. The van der Waals surface area contributed by atoms with E-state index >= 15 is 0 Å². The van der Waals surface area contributed by atoms with Gasteiger partial charge in [-0.1, -0.05) is 28.9 Å². The number of hydrogen-bond acceptors (Lipinski definition) is 3. The minimum absolute atomic E-state index is 0.153. The zero-order chi connectivity index (χ0) is 11.7. The third-order valence-electron chi connectivity index (χ3n) is 2.21. The van der Waals surface area contributed by atoms with E-state index in [1.54, 1.807) is 19.1 Å².